The van der Waals surface area contributed by atoms with Gasteiger partial charge in [-0.1, -0.05) is 67.1 Å². The zero-order valence-corrected chi connectivity index (χ0v) is 15.9. The van der Waals surface area contributed by atoms with Crippen LogP contribution in [0.2, 0.25) is 5.02 Å². The van der Waals surface area contributed by atoms with Gasteiger partial charge in [0.2, 0.25) is 0 Å². The second kappa shape index (κ2) is 7.45. The Kier molecular flexibility index (Phi) is 4.87. The van der Waals surface area contributed by atoms with Crippen molar-refractivity contribution in [3.8, 4) is 0 Å². The molecule has 4 rings (SSSR count). The number of carbonyl (C=O) groups is 1. The fourth-order valence-corrected chi connectivity index (χ4v) is 3.73. The highest BCUT2D eigenvalue weighted by molar-refractivity contribution is 6.31. The summed E-state index contributed by atoms with van der Waals surface area (Å²) in [5.41, 5.74) is 4.95. The molecule has 1 amide bonds. The van der Waals surface area contributed by atoms with E-state index in [0.29, 0.717) is 11.6 Å². The summed E-state index contributed by atoms with van der Waals surface area (Å²) in [6.07, 6.45) is 0.746. The number of anilines is 1. The molecule has 0 radical (unpaired) electrons. The minimum absolute atomic E-state index is 0.0228. The number of hydrogen-bond donors (Lipinski definition) is 1. The minimum Gasteiger partial charge on any atom is -0.361 e. The largest absolute Gasteiger partial charge is 0.361 e. The maximum Gasteiger partial charge on any atom is 0.256 e. The minimum atomic E-state index is -0.225. The van der Waals surface area contributed by atoms with Crippen molar-refractivity contribution in [3.05, 3.63) is 100 Å². The second-order valence-electron chi connectivity index (χ2n) is 6.71. The molecule has 3 nitrogen and oxygen atoms in total. The number of rotatable bonds is 5. The van der Waals surface area contributed by atoms with E-state index < -0.39 is 0 Å². The number of carbonyl (C=O) groups excluding carboxylic acids is 1. The highest BCUT2D eigenvalue weighted by Crippen LogP contribution is 2.36. The zero-order chi connectivity index (χ0) is 18.8. The van der Waals surface area contributed by atoms with Crippen molar-refractivity contribution in [1.82, 2.24) is 4.90 Å². The lowest BCUT2D eigenvalue weighted by molar-refractivity contribution is 0.0729. The van der Waals surface area contributed by atoms with Gasteiger partial charge in [0.25, 0.3) is 5.91 Å². The Morgan fingerprint density at radius 3 is 2.59 bits per heavy atom. The van der Waals surface area contributed by atoms with Gasteiger partial charge in [0.15, 0.2) is 0 Å². The molecular formula is C23H21ClN2O. The van der Waals surface area contributed by atoms with E-state index >= 15 is 0 Å². The Labute approximate surface area is 164 Å². The molecule has 0 fully saturated rings. The third kappa shape index (κ3) is 3.43. The van der Waals surface area contributed by atoms with Crippen LogP contribution in [-0.2, 0) is 13.0 Å². The van der Waals surface area contributed by atoms with Crippen molar-refractivity contribution < 1.29 is 4.79 Å². The van der Waals surface area contributed by atoms with Crippen LogP contribution in [0.5, 0.6) is 0 Å². The van der Waals surface area contributed by atoms with E-state index in [1.165, 1.54) is 5.56 Å². The Hall–Kier alpha value is -2.78. The third-order valence-corrected chi connectivity index (χ3v) is 5.36. The first-order valence-corrected chi connectivity index (χ1v) is 9.54. The lowest BCUT2D eigenvalue weighted by Crippen LogP contribution is -2.32. The predicted molar refractivity (Wildman–Crippen MR) is 110 cm³/mol. The Balaban J connectivity index is 1.70. The molecule has 1 aliphatic heterocycles. The number of nitrogens with one attached hydrogen (secondary N) is 1. The van der Waals surface area contributed by atoms with Crippen LogP contribution in [0.3, 0.4) is 0 Å². The molecule has 3 aromatic rings. The summed E-state index contributed by atoms with van der Waals surface area (Å²) in [7, 11) is 0. The molecule has 27 heavy (non-hydrogen) atoms. The number of amides is 1. The van der Waals surface area contributed by atoms with Crippen molar-refractivity contribution in [3.63, 3.8) is 0 Å². The van der Waals surface area contributed by atoms with Crippen molar-refractivity contribution in [2.75, 3.05) is 5.32 Å². The normalized spacial score (nSPS) is 15.7. The van der Waals surface area contributed by atoms with Gasteiger partial charge in [0, 0.05) is 28.4 Å². The molecule has 3 aromatic carbocycles. The van der Waals surface area contributed by atoms with E-state index in [4.69, 9.17) is 11.6 Å². The summed E-state index contributed by atoms with van der Waals surface area (Å²) >= 11 is 6.35. The topological polar surface area (TPSA) is 32.3 Å². The van der Waals surface area contributed by atoms with Crippen LogP contribution in [0.4, 0.5) is 5.69 Å². The zero-order valence-electron chi connectivity index (χ0n) is 15.2. The average molecular weight is 377 g/mol. The molecule has 1 N–H and O–H groups in total. The summed E-state index contributed by atoms with van der Waals surface area (Å²) in [5, 5.41) is 4.23. The predicted octanol–water partition coefficient (Wildman–Crippen LogP) is 5.67. The smallest absolute Gasteiger partial charge is 0.256 e. The van der Waals surface area contributed by atoms with Gasteiger partial charge in [-0.05, 0) is 41.8 Å². The van der Waals surface area contributed by atoms with Crippen LogP contribution in [0, 0.1) is 0 Å². The lowest BCUT2D eigenvalue weighted by Gasteiger charge is -2.27. The second-order valence-corrected chi connectivity index (χ2v) is 7.12. The highest BCUT2D eigenvalue weighted by Gasteiger charge is 2.36. The van der Waals surface area contributed by atoms with E-state index in [1.54, 1.807) is 0 Å². The Morgan fingerprint density at radius 2 is 1.78 bits per heavy atom. The van der Waals surface area contributed by atoms with E-state index in [-0.39, 0.29) is 12.1 Å². The van der Waals surface area contributed by atoms with Crippen molar-refractivity contribution >= 4 is 23.2 Å². The van der Waals surface area contributed by atoms with Gasteiger partial charge in [-0.15, -0.1) is 0 Å². The molecule has 136 valence electrons. The molecule has 1 aliphatic rings. The van der Waals surface area contributed by atoms with Crippen molar-refractivity contribution in [2.24, 2.45) is 0 Å². The van der Waals surface area contributed by atoms with Crippen molar-refractivity contribution in [2.45, 2.75) is 26.1 Å². The lowest BCUT2D eigenvalue weighted by atomic mass is 10.1. The average Bonchev–Trinajstić information content (AvgIpc) is 2.96. The summed E-state index contributed by atoms with van der Waals surface area (Å²) in [6.45, 7) is 2.59. The molecule has 0 spiro atoms. The van der Waals surface area contributed by atoms with Crippen molar-refractivity contribution in [1.29, 1.82) is 0 Å². The monoisotopic (exact) mass is 376 g/mol. The Bertz CT molecular complexity index is 985. The number of hydrogen-bond acceptors (Lipinski definition) is 2. The summed E-state index contributed by atoms with van der Waals surface area (Å²) < 4.78 is 0. The van der Waals surface area contributed by atoms with E-state index in [0.717, 1.165) is 28.8 Å². The van der Waals surface area contributed by atoms with Gasteiger partial charge in [0.05, 0.1) is 0 Å². The van der Waals surface area contributed by atoms with Gasteiger partial charge in [-0.2, -0.15) is 0 Å². The van der Waals surface area contributed by atoms with Gasteiger partial charge >= 0.3 is 0 Å². The molecule has 0 aromatic heterocycles. The number of benzene rings is 3. The van der Waals surface area contributed by atoms with Crippen LogP contribution in [0.1, 0.15) is 40.1 Å². The van der Waals surface area contributed by atoms with Gasteiger partial charge in [-0.3, -0.25) is 4.79 Å². The standard InChI is InChI=1S/C23H21ClN2O/c1-2-16-8-7-10-18(14-16)25-22-19-11-4-5-12-20(19)23(27)26(22)15-17-9-3-6-13-21(17)24/h3-14,22,25H,2,15H2,1H3. The van der Waals surface area contributed by atoms with Crippen LogP contribution in [0.15, 0.2) is 72.8 Å². The first-order valence-electron chi connectivity index (χ1n) is 9.16. The number of aryl methyl sites for hydroxylation is 1. The number of fused-ring (bicyclic) bond motifs is 1. The molecule has 1 heterocycles. The van der Waals surface area contributed by atoms with Crippen LogP contribution in [-0.4, -0.2) is 10.8 Å². The fourth-order valence-electron chi connectivity index (χ4n) is 3.54. The third-order valence-electron chi connectivity index (χ3n) is 5.00. The Morgan fingerprint density at radius 1 is 1.00 bits per heavy atom. The molecular weight excluding hydrogens is 356 g/mol. The first-order chi connectivity index (χ1) is 13.2. The van der Waals surface area contributed by atoms with Gasteiger partial charge in [-0.25, -0.2) is 0 Å². The molecule has 0 bridgehead atoms. The quantitative estimate of drug-likeness (QED) is 0.622. The maximum absolute atomic E-state index is 13.1. The summed E-state index contributed by atoms with van der Waals surface area (Å²) in [5.74, 6) is 0.0228. The molecule has 4 heteroatoms. The van der Waals surface area contributed by atoms with Gasteiger partial charge < -0.3 is 10.2 Å². The highest BCUT2D eigenvalue weighted by atomic mass is 35.5. The summed E-state index contributed by atoms with van der Waals surface area (Å²) in [6, 6.07) is 23.8. The van der Waals surface area contributed by atoms with E-state index in [9.17, 15) is 4.79 Å². The fraction of sp³-hybridized carbons (Fsp3) is 0.174. The molecule has 1 atom stereocenters. The molecule has 0 saturated carbocycles. The van der Waals surface area contributed by atoms with E-state index in [1.807, 2.05) is 65.6 Å². The summed E-state index contributed by atoms with van der Waals surface area (Å²) in [4.78, 5) is 14.9. The molecule has 1 unspecified atom stereocenters. The first kappa shape index (κ1) is 17.6. The van der Waals surface area contributed by atoms with Crippen LogP contribution < -0.4 is 5.32 Å². The molecule has 0 saturated heterocycles. The van der Waals surface area contributed by atoms with E-state index in [2.05, 4.69) is 24.4 Å². The SMILES string of the molecule is CCc1cccc(NC2c3ccccc3C(=O)N2Cc2ccccc2Cl)c1. The number of halogens is 1. The molecule has 0 aliphatic carbocycles. The maximum atomic E-state index is 13.1. The number of nitrogens with zero attached hydrogens (tertiary/aromatic N) is 1. The van der Waals surface area contributed by atoms with Crippen LogP contribution >= 0.6 is 11.6 Å². The van der Waals surface area contributed by atoms with Gasteiger partial charge in [0.1, 0.15) is 6.17 Å². The van der Waals surface area contributed by atoms with Crippen LogP contribution in [0.25, 0.3) is 0 Å².